The quantitative estimate of drug-likeness (QED) is 0.861. The lowest BCUT2D eigenvalue weighted by Crippen LogP contribution is -2.31. The third kappa shape index (κ3) is 3.63. The van der Waals surface area contributed by atoms with E-state index in [0.717, 1.165) is 25.0 Å². The monoisotopic (exact) mass is 281 g/mol. The number of fused-ring (bicyclic) bond motifs is 1. The molecule has 0 heterocycles. The second kappa shape index (κ2) is 6.29. The minimum Gasteiger partial charge on any atom is -0.491 e. The van der Waals surface area contributed by atoms with Crippen molar-refractivity contribution in [1.82, 2.24) is 5.32 Å². The topological polar surface area (TPSA) is 38.3 Å². The van der Waals surface area contributed by atoms with Crippen LogP contribution in [-0.2, 0) is 11.2 Å². The SMILES string of the molecule is CC(C)Oc1ccc2c(c1)[C@@H](NC(=O)CCl)CCC2. The van der Waals surface area contributed by atoms with Crippen molar-refractivity contribution in [3.8, 4) is 5.75 Å². The van der Waals surface area contributed by atoms with Gasteiger partial charge in [-0.1, -0.05) is 6.07 Å². The normalized spacial score (nSPS) is 18.0. The molecular formula is C15H20ClNO2. The molecule has 0 unspecified atom stereocenters. The minimum absolute atomic E-state index is 0.00795. The van der Waals surface area contributed by atoms with Gasteiger partial charge in [0, 0.05) is 0 Å². The molecule has 1 amide bonds. The van der Waals surface area contributed by atoms with Crippen LogP contribution in [0.15, 0.2) is 18.2 Å². The van der Waals surface area contributed by atoms with Crippen LogP contribution in [0.5, 0.6) is 5.75 Å². The molecule has 104 valence electrons. The largest absolute Gasteiger partial charge is 0.491 e. The van der Waals surface area contributed by atoms with E-state index >= 15 is 0 Å². The summed E-state index contributed by atoms with van der Waals surface area (Å²) in [6.07, 6.45) is 3.26. The third-order valence-corrected chi connectivity index (χ3v) is 3.50. The predicted octanol–water partition coefficient (Wildman–Crippen LogP) is 3.21. The number of hydrogen-bond acceptors (Lipinski definition) is 2. The van der Waals surface area contributed by atoms with E-state index in [4.69, 9.17) is 16.3 Å². The molecule has 0 saturated heterocycles. The zero-order valence-electron chi connectivity index (χ0n) is 11.4. The van der Waals surface area contributed by atoms with E-state index in [2.05, 4.69) is 11.4 Å². The Morgan fingerprint density at radius 2 is 2.32 bits per heavy atom. The molecule has 3 nitrogen and oxygen atoms in total. The Bertz CT molecular complexity index is 459. The van der Waals surface area contributed by atoms with Gasteiger partial charge in [0.1, 0.15) is 11.6 Å². The molecule has 1 aliphatic carbocycles. The summed E-state index contributed by atoms with van der Waals surface area (Å²) in [6.45, 7) is 4.01. The van der Waals surface area contributed by atoms with E-state index in [1.807, 2.05) is 26.0 Å². The first kappa shape index (κ1) is 14.2. The van der Waals surface area contributed by atoms with Crippen molar-refractivity contribution in [3.63, 3.8) is 0 Å². The van der Waals surface area contributed by atoms with Crippen molar-refractivity contribution in [3.05, 3.63) is 29.3 Å². The van der Waals surface area contributed by atoms with E-state index in [1.54, 1.807) is 0 Å². The van der Waals surface area contributed by atoms with Crippen LogP contribution >= 0.6 is 11.6 Å². The molecule has 0 radical (unpaired) electrons. The molecule has 1 N–H and O–H groups in total. The molecule has 19 heavy (non-hydrogen) atoms. The molecule has 0 bridgehead atoms. The smallest absolute Gasteiger partial charge is 0.235 e. The maximum absolute atomic E-state index is 11.5. The summed E-state index contributed by atoms with van der Waals surface area (Å²) in [7, 11) is 0. The number of aryl methyl sites for hydroxylation is 1. The van der Waals surface area contributed by atoms with Crippen molar-refractivity contribution in [1.29, 1.82) is 0 Å². The number of alkyl halides is 1. The van der Waals surface area contributed by atoms with Gasteiger partial charge in [-0.15, -0.1) is 11.6 Å². The molecule has 1 aromatic carbocycles. The molecule has 0 fully saturated rings. The van der Waals surface area contributed by atoms with E-state index in [9.17, 15) is 4.79 Å². The third-order valence-electron chi connectivity index (χ3n) is 3.26. The highest BCUT2D eigenvalue weighted by Crippen LogP contribution is 2.32. The van der Waals surface area contributed by atoms with Crippen LogP contribution in [0.25, 0.3) is 0 Å². The van der Waals surface area contributed by atoms with E-state index in [1.165, 1.54) is 11.1 Å². The van der Waals surface area contributed by atoms with E-state index in [-0.39, 0.29) is 23.9 Å². The second-order valence-electron chi connectivity index (χ2n) is 5.17. The maximum Gasteiger partial charge on any atom is 0.235 e. The van der Waals surface area contributed by atoms with Crippen LogP contribution in [0.1, 0.15) is 43.9 Å². The molecule has 0 aliphatic heterocycles. The van der Waals surface area contributed by atoms with Crippen molar-refractivity contribution >= 4 is 17.5 Å². The molecule has 2 rings (SSSR count). The Kier molecular flexibility index (Phi) is 4.70. The summed E-state index contributed by atoms with van der Waals surface area (Å²) in [5.74, 6) is 0.754. The Morgan fingerprint density at radius 3 is 3.00 bits per heavy atom. The lowest BCUT2D eigenvalue weighted by Gasteiger charge is -2.27. The zero-order valence-corrected chi connectivity index (χ0v) is 12.2. The van der Waals surface area contributed by atoms with Crippen molar-refractivity contribution < 1.29 is 9.53 Å². The maximum atomic E-state index is 11.5. The van der Waals surface area contributed by atoms with Crippen LogP contribution < -0.4 is 10.1 Å². The Hall–Kier alpha value is -1.22. The Morgan fingerprint density at radius 1 is 1.53 bits per heavy atom. The first-order valence-electron chi connectivity index (χ1n) is 6.75. The summed E-state index contributed by atoms with van der Waals surface area (Å²) in [6, 6.07) is 6.22. The van der Waals surface area contributed by atoms with Gasteiger partial charge in [-0.05, 0) is 56.4 Å². The van der Waals surface area contributed by atoms with Crippen LogP contribution in [0.3, 0.4) is 0 Å². The van der Waals surface area contributed by atoms with Gasteiger partial charge in [0.2, 0.25) is 5.91 Å². The number of nitrogens with one attached hydrogen (secondary N) is 1. The summed E-state index contributed by atoms with van der Waals surface area (Å²) in [5.41, 5.74) is 2.46. The highest BCUT2D eigenvalue weighted by atomic mass is 35.5. The highest BCUT2D eigenvalue weighted by molar-refractivity contribution is 6.27. The fourth-order valence-electron chi connectivity index (χ4n) is 2.51. The number of rotatable bonds is 4. The lowest BCUT2D eigenvalue weighted by molar-refractivity contribution is -0.119. The van der Waals surface area contributed by atoms with Gasteiger partial charge >= 0.3 is 0 Å². The molecule has 1 aromatic rings. The van der Waals surface area contributed by atoms with Gasteiger partial charge < -0.3 is 10.1 Å². The van der Waals surface area contributed by atoms with Gasteiger partial charge in [-0.3, -0.25) is 4.79 Å². The number of carbonyl (C=O) groups excluding carboxylic acids is 1. The molecule has 4 heteroatoms. The molecule has 0 aromatic heterocycles. The van der Waals surface area contributed by atoms with Crippen molar-refractivity contribution in [2.45, 2.75) is 45.3 Å². The molecule has 0 saturated carbocycles. The average Bonchev–Trinajstić information content (AvgIpc) is 2.38. The number of ether oxygens (including phenoxy) is 1. The zero-order chi connectivity index (χ0) is 13.8. The predicted molar refractivity (Wildman–Crippen MR) is 76.7 cm³/mol. The standard InChI is InChI=1S/C15H20ClNO2/c1-10(2)19-12-7-6-11-4-3-5-14(13(11)8-12)17-15(18)9-16/h6-8,10,14H,3-5,9H2,1-2H3,(H,17,18)/t14-/m0/s1. The first-order valence-corrected chi connectivity index (χ1v) is 7.28. The minimum atomic E-state index is -0.116. The van der Waals surface area contributed by atoms with Gasteiger partial charge in [-0.25, -0.2) is 0 Å². The number of halogens is 1. The second-order valence-corrected chi connectivity index (χ2v) is 5.44. The fraction of sp³-hybridized carbons (Fsp3) is 0.533. The summed E-state index contributed by atoms with van der Waals surface area (Å²) >= 11 is 5.56. The molecule has 1 aliphatic rings. The van der Waals surface area contributed by atoms with Crippen molar-refractivity contribution in [2.24, 2.45) is 0 Å². The molecule has 1 atom stereocenters. The van der Waals surface area contributed by atoms with Crippen LogP contribution in [0.2, 0.25) is 0 Å². The Labute approximate surface area is 119 Å². The van der Waals surface area contributed by atoms with Crippen LogP contribution in [-0.4, -0.2) is 17.9 Å². The van der Waals surface area contributed by atoms with Crippen molar-refractivity contribution in [2.75, 3.05) is 5.88 Å². The highest BCUT2D eigenvalue weighted by Gasteiger charge is 2.22. The van der Waals surface area contributed by atoms with E-state index in [0.29, 0.717) is 0 Å². The molecule has 0 spiro atoms. The van der Waals surface area contributed by atoms with Gasteiger partial charge in [0.25, 0.3) is 0 Å². The Balaban J connectivity index is 2.22. The average molecular weight is 282 g/mol. The van der Waals surface area contributed by atoms with Gasteiger partial charge in [0.05, 0.1) is 12.1 Å². The number of carbonyl (C=O) groups is 1. The first-order chi connectivity index (χ1) is 9.10. The summed E-state index contributed by atoms with van der Waals surface area (Å²) in [5, 5.41) is 2.98. The number of hydrogen-bond donors (Lipinski definition) is 1. The lowest BCUT2D eigenvalue weighted by atomic mass is 9.87. The number of benzene rings is 1. The van der Waals surface area contributed by atoms with E-state index < -0.39 is 0 Å². The van der Waals surface area contributed by atoms with Crippen LogP contribution in [0.4, 0.5) is 0 Å². The summed E-state index contributed by atoms with van der Waals surface area (Å²) in [4.78, 5) is 11.5. The summed E-state index contributed by atoms with van der Waals surface area (Å²) < 4.78 is 5.72. The van der Waals surface area contributed by atoms with Gasteiger partial charge in [-0.2, -0.15) is 0 Å². The van der Waals surface area contributed by atoms with Crippen LogP contribution in [0, 0.1) is 0 Å². The number of amides is 1. The van der Waals surface area contributed by atoms with Gasteiger partial charge in [0.15, 0.2) is 0 Å². The molecular weight excluding hydrogens is 262 g/mol. The fourth-order valence-corrected chi connectivity index (χ4v) is 2.58.